The first-order valence-corrected chi connectivity index (χ1v) is 6.48. The van der Waals surface area contributed by atoms with Gasteiger partial charge in [-0.1, -0.05) is 34.6 Å². The molecule has 0 amide bonds. The van der Waals surface area contributed by atoms with Crippen molar-refractivity contribution in [1.82, 2.24) is 0 Å². The fourth-order valence-electron chi connectivity index (χ4n) is 1.96. The van der Waals surface area contributed by atoms with Gasteiger partial charge in [-0.25, -0.2) is 0 Å². The van der Waals surface area contributed by atoms with Gasteiger partial charge in [0.2, 0.25) is 0 Å². The molecular formula is C14H30N2. The molecule has 0 spiro atoms. The third-order valence-electron chi connectivity index (χ3n) is 3.55. The normalized spacial score (nSPS) is 17.3. The van der Waals surface area contributed by atoms with E-state index in [-0.39, 0.29) is 5.41 Å². The zero-order chi connectivity index (χ0) is 12.8. The number of aliphatic imine (C=N–C) groups is 1. The molecule has 1 atom stereocenters. The van der Waals surface area contributed by atoms with Crippen LogP contribution >= 0.6 is 0 Å². The number of nitrogens with two attached hydrogens (primary N) is 1. The van der Waals surface area contributed by atoms with Crippen molar-refractivity contribution in [2.45, 2.75) is 60.8 Å². The molecule has 0 rings (SSSR count). The molecule has 0 fully saturated rings. The van der Waals surface area contributed by atoms with Crippen molar-refractivity contribution in [3.63, 3.8) is 0 Å². The Labute approximate surface area is 102 Å². The molecule has 0 aliphatic rings. The van der Waals surface area contributed by atoms with Crippen LogP contribution in [0.25, 0.3) is 0 Å². The van der Waals surface area contributed by atoms with Crippen molar-refractivity contribution in [1.29, 1.82) is 0 Å². The average molecular weight is 226 g/mol. The van der Waals surface area contributed by atoms with Crippen LogP contribution in [0, 0.1) is 10.8 Å². The van der Waals surface area contributed by atoms with Crippen LogP contribution < -0.4 is 5.73 Å². The third kappa shape index (κ3) is 5.64. The van der Waals surface area contributed by atoms with Gasteiger partial charge in [-0.2, -0.15) is 0 Å². The van der Waals surface area contributed by atoms with Gasteiger partial charge in [-0.05, 0) is 43.6 Å². The molecule has 0 aliphatic carbocycles. The maximum absolute atomic E-state index is 5.81. The maximum atomic E-state index is 5.81. The molecule has 0 heterocycles. The number of nitrogens with zero attached hydrogens (tertiary/aromatic N) is 1. The van der Waals surface area contributed by atoms with E-state index in [9.17, 15) is 0 Å². The van der Waals surface area contributed by atoms with Gasteiger partial charge in [0.15, 0.2) is 0 Å². The van der Waals surface area contributed by atoms with Crippen molar-refractivity contribution in [3.8, 4) is 0 Å². The molecule has 0 saturated carbocycles. The van der Waals surface area contributed by atoms with Gasteiger partial charge in [-0.15, -0.1) is 0 Å². The highest BCUT2D eigenvalue weighted by atomic mass is 14.8. The summed E-state index contributed by atoms with van der Waals surface area (Å²) in [7, 11) is 0. The van der Waals surface area contributed by atoms with Crippen LogP contribution in [-0.2, 0) is 0 Å². The summed E-state index contributed by atoms with van der Waals surface area (Å²) >= 11 is 0. The van der Waals surface area contributed by atoms with E-state index < -0.39 is 0 Å². The summed E-state index contributed by atoms with van der Waals surface area (Å²) < 4.78 is 0. The number of hydrogen-bond donors (Lipinski definition) is 1. The molecule has 1 unspecified atom stereocenters. The standard InChI is InChI=1S/C14H30N2/c1-7-12(3)16-11-14(6,8-2)9-13(4,5)10-15/h7-11,15H2,1-6H3. The molecule has 0 bridgehead atoms. The Morgan fingerprint density at radius 2 is 1.75 bits per heavy atom. The highest BCUT2D eigenvalue weighted by Crippen LogP contribution is 2.36. The lowest BCUT2D eigenvalue weighted by Gasteiger charge is -2.35. The first-order valence-electron chi connectivity index (χ1n) is 6.48. The monoisotopic (exact) mass is 226 g/mol. The Balaban J connectivity index is 4.54. The van der Waals surface area contributed by atoms with E-state index in [1.165, 1.54) is 5.71 Å². The fourth-order valence-corrected chi connectivity index (χ4v) is 1.96. The van der Waals surface area contributed by atoms with Crippen LogP contribution in [0.3, 0.4) is 0 Å². The van der Waals surface area contributed by atoms with E-state index in [1.807, 2.05) is 0 Å². The number of hydrogen-bond acceptors (Lipinski definition) is 2. The average Bonchev–Trinajstić information content (AvgIpc) is 2.25. The van der Waals surface area contributed by atoms with Crippen LogP contribution in [-0.4, -0.2) is 18.8 Å². The Kier molecular flexibility index (Phi) is 6.24. The number of rotatable bonds is 7. The Bertz CT molecular complexity index is 231. The van der Waals surface area contributed by atoms with Crippen molar-refractivity contribution in [2.24, 2.45) is 21.6 Å². The zero-order valence-corrected chi connectivity index (χ0v) is 12.1. The van der Waals surface area contributed by atoms with E-state index in [0.717, 1.165) is 32.4 Å². The van der Waals surface area contributed by atoms with Crippen LogP contribution in [0.2, 0.25) is 0 Å². The lowest BCUT2D eigenvalue weighted by molar-refractivity contribution is 0.183. The van der Waals surface area contributed by atoms with Crippen molar-refractivity contribution >= 4 is 5.71 Å². The Morgan fingerprint density at radius 1 is 1.19 bits per heavy atom. The fraction of sp³-hybridized carbons (Fsp3) is 0.929. The topological polar surface area (TPSA) is 38.4 Å². The van der Waals surface area contributed by atoms with Crippen molar-refractivity contribution < 1.29 is 0 Å². The maximum Gasteiger partial charge on any atom is 0.0442 e. The minimum absolute atomic E-state index is 0.223. The first kappa shape index (κ1) is 15.6. The van der Waals surface area contributed by atoms with Gasteiger partial charge < -0.3 is 5.73 Å². The second-order valence-electron chi connectivity index (χ2n) is 6.11. The molecule has 96 valence electrons. The summed E-state index contributed by atoms with van der Waals surface area (Å²) in [5.41, 5.74) is 7.58. The highest BCUT2D eigenvalue weighted by Gasteiger charge is 2.30. The van der Waals surface area contributed by atoms with Gasteiger partial charge in [0.25, 0.3) is 0 Å². The molecule has 0 radical (unpaired) electrons. The van der Waals surface area contributed by atoms with Gasteiger partial charge >= 0.3 is 0 Å². The minimum Gasteiger partial charge on any atom is -0.330 e. The van der Waals surface area contributed by atoms with Crippen LogP contribution in [0.15, 0.2) is 4.99 Å². The SMILES string of the molecule is CCC(C)=NCC(C)(CC)CC(C)(C)CN. The first-order chi connectivity index (χ1) is 7.28. The molecule has 0 aromatic carbocycles. The van der Waals surface area contributed by atoms with E-state index >= 15 is 0 Å². The quantitative estimate of drug-likeness (QED) is 0.661. The second-order valence-corrected chi connectivity index (χ2v) is 6.11. The summed E-state index contributed by atoms with van der Waals surface area (Å²) in [6.07, 6.45) is 3.37. The predicted molar refractivity (Wildman–Crippen MR) is 74.1 cm³/mol. The summed E-state index contributed by atoms with van der Waals surface area (Å²) in [6, 6.07) is 0. The molecule has 2 nitrogen and oxygen atoms in total. The molecule has 0 aliphatic heterocycles. The third-order valence-corrected chi connectivity index (χ3v) is 3.55. The predicted octanol–water partition coefficient (Wildman–Crippen LogP) is 3.65. The summed E-state index contributed by atoms with van der Waals surface area (Å²) in [5.74, 6) is 0. The van der Waals surface area contributed by atoms with E-state index in [1.54, 1.807) is 0 Å². The lowest BCUT2D eigenvalue weighted by Crippen LogP contribution is -2.33. The van der Waals surface area contributed by atoms with Gasteiger partial charge in [-0.3, -0.25) is 4.99 Å². The van der Waals surface area contributed by atoms with Gasteiger partial charge in [0.1, 0.15) is 0 Å². The van der Waals surface area contributed by atoms with Gasteiger partial charge in [0, 0.05) is 12.3 Å². The molecular weight excluding hydrogens is 196 g/mol. The molecule has 0 aromatic rings. The Morgan fingerprint density at radius 3 is 2.12 bits per heavy atom. The minimum atomic E-state index is 0.223. The smallest absolute Gasteiger partial charge is 0.0442 e. The van der Waals surface area contributed by atoms with E-state index in [2.05, 4.69) is 46.5 Å². The summed E-state index contributed by atoms with van der Waals surface area (Å²) in [5, 5.41) is 0. The summed E-state index contributed by atoms with van der Waals surface area (Å²) in [4.78, 5) is 4.68. The van der Waals surface area contributed by atoms with Crippen molar-refractivity contribution in [3.05, 3.63) is 0 Å². The van der Waals surface area contributed by atoms with Gasteiger partial charge in [0.05, 0.1) is 0 Å². The van der Waals surface area contributed by atoms with Crippen LogP contribution in [0.4, 0.5) is 0 Å². The summed E-state index contributed by atoms with van der Waals surface area (Å²) in [6.45, 7) is 15.0. The molecule has 16 heavy (non-hydrogen) atoms. The van der Waals surface area contributed by atoms with E-state index in [4.69, 9.17) is 5.73 Å². The highest BCUT2D eigenvalue weighted by molar-refractivity contribution is 5.81. The Hall–Kier alpha value is -0.370. The molecule has 2 heteroatoms. The van der Waals surface area contributed by atoms with Crippen molar-refractivity contribution in [2.75, 3.05) is 13.1 Å². The lowest BCUT2D eigenvalue weighted by atomic mass is 9.72. The second kappa shape index (κ2) is 6.39. The van der Waals surface area contributed by atoms with E-state index in [0.29, 0.717) is 5.41 Å². The molecule has 2 N–H and O–H groups in total. The van der Waals surface area contributed by atoms with Crippen LogP contribution in [0.5, 0.6) is 0 Å². The molecule has 0 saturated heterocycles. The molecule has 0 aromatic heterocycles. The van der Waals surface area contributed by atoms with Crippen LogP contribution in [0.1, 0.15) is 60.8 Å². The zero-order valence-electron chi connectivity index (χ0n) is 12.1. The largest absolute Gasteiger partial charge is 0.330 e.